The summed E-state index contributed by atoms with van der Waals surface area (Å²) >= 11 is 0. The van der Waals surface area contributed by atoms with Crippen LogP contribution in [-0.4, -0.2) is 52.2 Å². The minimum atomic E-state index is -0.407. The highest BCUT2D eigenvalue weighted by Crippen LogP contribution is 2.22. The maximum atomic E-state index is 12.0. The number of rotatable bonds is 13. The van der Waals surface area contributed by atoms with Gasteiger partial charge in [-0.1, -0.05) is 46.8 Å². The van der Waals surface area contributed by atoms with Crippen molar-refractivity contribution >= 4 is 11.9 Å². The SMILES string of the molecule is CC(C)C(=O)NCC(C)(C)CCOC(C)(C)CCOC(=O)Cn1cc(C(C)C)nn1. The van der Waals surface area contributed by atoms with Gasteiger partial charge in [0.15, 0.2) is 0 Å². The predicted octanol–water partition coefficient (Wildman–Crippen LogP) is 3.32. The fraction of sp³-hybridized carbons (Fsp3) is 0.818. The Hall–Kier alpha value is -1.96. The van der Waals surface area contributed by atoms with Crippen molar-refractivity contribution in [3.8, 4) is 0 Å². The first kappa shape index (κ1) is 26.1. The maximum absolute atomic E-state index is 12.0. The number of amides is 1. The number of ether oxygens (including phenoxy) is 2. The van der Waals surface area contributed by atoms with E-state index < -0.39 is 5.60 Å². The molecule has 0 aromatic carbocycles. The first-order valence-electron chi connectivity index (χ1n) is 10.8. The van der Waals surface area contributed by atoms with Crippen LogP contribution < -0.4 is 5.32 Å². The topological polar surface area (TPSA) is 95.3 Å². The zero-order chi connectivity index (χ0) is 22.9. The lowest BCUT2D eigenvalue weighted by Gasteiger charge is -2.29. The summed E-state index contributed by atoms with van der Waals surface area (Å²) in [5.41, 5.74) is 0.388. The molecule has 172 valence electrons. The van der Waals surface area contributed by atoms with Crippen LogP contribution in [0.2, 0.25) is 0 Å². The van der Waals surface area contributed by atoms with E-state index in [9.17, 15) is 9.59 Å². The van der Waals surface area contributed by atoms with E-state index in [0.29, 0.717) is 19.6 Å². The van der Waals surface area contributed by atoms with Gasteiger partial charge in [-0.25, -0.2) is 4.68 Å². The van der Waals surface area contributed by atoms with E-state index in [0.717, 1.165) is 12.1 Å². The zero-order valence-corrected chi connectivity index (χ0v) is 19.9. The Kier molecular flexibility index (Phi) is 9.94. The van der Waals surface area contributed by atoms with E-state index >= 15 is 0 Å². The zero-order valence-electron chi connectivity index (χ0n) is 19.9. The minimum Gasteiger partial charge on any atom is -0.464 e. The number of nitrogens with zero attached hydrogens (tertiary/aromatic N) is 3. The summed E-state index contributed by atoms with van der Waals surface area (Å²) in [5, 5.41) is 11.0. The van der Waals surface area contributed by atoms with E-state index in [1.165, 1.54) is 4.68 Å². The molecular weight excluding hydrogens is 384 g/mol. The molecule has 1 aromatic rings. The summed E-state index contributed by atoms with van der Waals surface area (Å²) in [5.74, 6) is -0.0184. The van der Waals surface area contributed by atoms with E-state index in [4.69, 9.17) is 9.47 Å². The summed E-state index contributed by atoms with van der Waals surface area (Å²) in [6, 6.07) is 0. The summed E-state index contributed by atoms with van der Waals surface area (Å²) in [6.07, 6.45) is 3.18. The Morgan fingerprint density at radius 1 is 1.10 bits per heavy atom. The van der Waals surface area contributed by atoms with Crippen molar-refractivity contribution in [3.05, 3.63) is 11.9 Å². The van der Waals surface area contributed by atoms with Crippen molar-refractivity contribution in [1.29, 1.82) is 0 Å². The van der Waals surface area contributed by atoms with Gasteiger partial charge >= 0.3 is 5.97 Å². The molecule has 0 bridgehead atoms. The van der Waals surface area contributed by atoms with Crippen LogP contribution in [-0.2, 0) is 25.6 Å². The first-order chi connectivity index (χ1) is 13.8. The lowest BCUT2D eigenvalue weighted by atomic mass is 9.89. The molecular formula is C22H40N4O4. The summed E-state index contributed by atoms with van der Waals surface area (Å²) in [7, 11) is 0. The normalized spacial score (nSPS) is 12.5. The van der Waals surface area contributed by atoms with Crippen LogP contribution in [0.1, 0.15) is 79.8 Å². The molecule has 0 aliphatic rings. The molecule has 8 nitrogen and oxygen atoms in total. The fourth-order valence-corrected chi connectivity index (χ4v) is 2.54. The molecule has 0 saturated heterocycles. The summed E-state index contributed by atoms with van der Waals surface area (Å²) in [4.78, 5) is 23.8. The Morgan fingerprint density at radius 3 is 2.33 bits per heavy atom. The fourth-order valence-electron chi connectivity index (χ4n) is 2.54. The molecule has 1 N–H and O–H groups in total. The van der Waals surface area contributed by atoms with Gasteiger partial charge in [0.1, 0.15) is 6.54 Å². The monoisotopic (exact) mass is 424 g/mol. The van der Waals surface area contributed by atoms with E-state index in [2.05, 4.69) is 29.5 Å². The van der Waals surface area contributed by atoms with Crippen LogP contribution in [0.25, 0.3) is 0 Å². The molecule has 0 aliphatic carbocycles. The number of esters is 1. The molecule has 0 unspecified atom stereocenters. The van der Waals surface area contributed by atoms with Crippen LogP contribution in [0.4, 0.5) is 0 Å². The molecule has 0 saturated carbocycles. The van der Waals surface area contributed by atoms with Gasteiger partial charge in [-0.05, 0) is 31.6 Å². The summed E-state index contributed by atoms with van der Waals surface area (Å²) < 4.78 is 12.8. The molecule has 0 atom stereocenters. The second kappa shape index (κ2) is 11.4. The highest BCUT2D eigenvalue weighted by atomic mass is 16.5. The van der Waals surface area contributed by atoms with Crippen LogP contribution in [0.15, 0.2) is 6.20 Å². The smallest absolute Gasteiger partial charge is 0.327 e. The van der Waals surface area contributed by atoms with Gasteiger partial charge in [-0.2, -0.15) is 0 Å². The van der Waals surface area contributed by atoms with Gasteiger partial charge in [-0.15, -0.1) is 5.10 Å². The Balaban J connectivity index is 2.29. The van der Waals surface area contributed by atoms with Crippen molar-refractivity contribution in [3.63, 3.8) is 0 Å². The second-order valence-electron chi connectivity index (χ2n) is 9.86. The number of nitrogens with one attached hydrogen (secondary N) is 1. The lowest BCUT2D eigenvalue weighted by molar-refractivity contribution is -0.146. The van der Waals surface area contributed by atoms with Gasteiger partial charge < -0.3 is 14.8 Å². The van der Waals surface area contributed by atoms with Gasteiger partial charge in [0.05, 0.1) is 17.9 Å². The standard InChI is InChI=1S/C22H40N4O4/c1-16(2)18-13-26(25-24-18)14-19(27)29-11-10-22(7,8)30-12-9-21(5,6)15-23-20(28)17(3)4/h13,16-17H,9-12,14-15H2,1-8H3,(H,23,28). The molecule has 0 fully saturated rings. The quantitative estimate of drug-likeness (QED) is 0.488. The lowest BCUT2D eigenvalue weighted by Crippen LogP contribution is -2.37. The minimum absolute atomic E-state index is 0.0134. The van der Waals surface area contributed by atoms with Gasteiger partial charge in [0, 0.05) is 31.7 Å². The van der Waals surface area contributed by atoms with E-state index in [1.54, 1.807) is 6.20 Å². The number of hydrogen-bond acceptors (Lipinski definition) is 6. The van der Waals surface area contributed by atoms with Crippen LogP contribution in [0, 0.1) is 11.3 Å². The molecule has 8 heteroatoms. The Morgan fingerprint density at radius 2 is 1.77 bits per heavy atom. The summed E-state index contributed by atoms with van der Waals surface area (Å²) in [6.45, 7) is 17.5. The highest BCUT2D eigenvalue weighted by molar-refractivity contribution is 5.77. The Labute approximate surface area is 181 Å². The molecule has 0 aliphatic heterocycles. The molecule has 1 rings (SSSR count). The average molecular weight is 425 g/mol. The third-order valence-corrected chi connectivity index (χ3v) is 4.94. The highest BCUT2D eigenvalue weighted by Gasteiger charge is 2.23. The van der Waals surface area contributed by atoms with Crippen LogP contribution in [0.3, 0.4) is 0 Å². The maximum Gasteiger partial charge on any atom is 0.327 e. The van der Waals surface area contributed by atoms with Gasteiger partial charge in [0.2, 0.25) is 5.91 Å². The first-order valence-corrected chi connectivity index (χ1v) is 10.8. The van der Waals surface area contributed by atoms with Crippen molar-refractivity contribution in [2.75, 3.05) is 19.8 Å². The van der Waals surface area contributed by atoms with Crippen molar-refractivity contribution in [1.82, 2.24) is 20.3 Å². The van der Waals surface area contributed by atoms with E-state index in [-0.39, 0.29) is 42.3 Å². The van der Waals surface area contributed by atoms with Gasteiger partial charge in [-0.3, -0.25) is 9.59 Å². The van der Waals surface area contributed by atoms with Crippen molar-refractivity contribution < 1.29 is 19.1 Å². The number of carbonyl (C=O) groups excluding carboxylic acids is 2. The molecule has 30 heavy (non-hydrogen) atoms. The molecule has 0 radical (unpaired) electrons. The number of hydrogen-bond donors (Lipinski definition) is 1. The average Bonchev–Trinajstić information content (AvgIpc) is 3.07. The van der Waals surface area contributed by atoms with Crippen LogP contribution in [0.5, 0.6) is 0 Å². The van der Waals surface area contributed by atoms with Crippen LogP contribution >= 0.6 is 0 Å². The van der Waals surface area contributed by atoms with Crippen molar-refractivity contribution in [2.45, 2.75) is 86.3 Å². The number of carbonyl (C=O) groups is 2. The molecule has 1 heterocycles. The third kappa shape index (κ3) is 10.2. The Bertz CT molecular complexity index is 680. The van der Waals surface area contributed by atoms with E-state index in [1.807, 2.05) is 41.5 Å². The largest absolute Gasteiger partial charge is 0.464 e. The molecule has 0 spiro atoms. The molecule has 1 aromatic heterocycles. The predicted molar refractivity (Wildman–Crippen MR) is 116 cm³/mol. The second-order valence-corrected chi connectivity index (χ2v) is 9.86. The molecule has 1 amide bonds. The van der Waals surface area contributed by atoms with Gasteiger partial charge in [0.25, 0.3) is 0 Å². The van der Waals surface area contributed by atoms with Crippen molar-refractivity contribution in [2.24, 2.45) is 11.3 Å². The number of aromatic nitrogens is 3. The third-order valence-electron chi connectivity index (χ3n) is 4.94.